The molecule has 16 heavy (non-hydrogen) atoms. The lowest BCUT2D eigenvalue weighted by Crippen LogP contribution is -2.47. The van der Waals surface area contributed by atoms with Gasteiger partial charge in [-0.25, -0.2) is 0 Å². The third kappa shape index (κ3) is 4.40. The lowest BCUT2D eigenvalue weighted by atomic mass is 9.84. The Morgan fingerprint density at radius 3 is 2.31 bits per heavy atom. The van der Waals surface area contributed by atoms with E-state index in [1.54, 1.807) is 0 Å². The molecule has 1 rings (SSSR count). The second-order valence-electron chi connectivity index (χ2n) is 5.53. The Hall–Kier alpha value is -0.120. The molecular formula is C13H27NO2. The number of hydrogen-bond acceptors (Lipinski definition) is 3. The Morgan fingerprint density at radius 2 is 1.81 bits per heavy atom. The van der Waals surface area contributed by atoms with Gasteiger partial charge in [0.25, 0.3) is 0 Å². The molecule has 0 amide bonds. The van der Waals surface area contributed by atoms with Gasteiger partial charge in [-0.05, 0) is 25.2 Å². The molecule has 0 radical (unpaired) electrons. The molecule has 0 spiro atoms. The van der Waals surface area contributed by atoms with Gasteiger partial charge < -0.3 is 15.5 Å². The van der Waals surface area contributed by atoms with E-state index in [0.29, 0.717) is 18.5 Å². The maximum absolute atomic E-state index is 10.3. The van der Waals surface area contributed by atoms with Crippen molar-refractivity contribution in [3.63, 3.8) is 0 Å². The number of rotatable bonds is 6. The van der Waals surface area contributed by atoms with Crippen molar-refractivity contribution in [1.29, 1.82) is 0 Å². The Balaban J connectivity index is 2.35. The SMILES string of the molecule is CC(C)C(CCO)NCC1(O)CCCCC1. The van der Waals surface area contributed by atoms with Crippen LogP contribution in [0.15, 0.2) is 0 Å². The average Bonchev–Trinajstić information content (AvgIpc) is 2.25. The van der Waals surface area contributed by atoms with Crippen molar-refractivity contribution in [3.8, 4) is 0 Å². The first-order chi connectivity index (χ1) is 7.57. The molecule has 0 saturated heterocycles. The van der Waals surface area contributed by atoms with Gasteiger partial charge in [0.1, 0.15) is 0 Å². The first-order valence-electron chi connectivity index (χ1n) is 6.64. The van der Waals surface area contributed by atoms with E-state index in [9.17, 15) is 5.11 Å². The van der Waals surface area contributed by atoms with E-state index >= 15 is 0 Å². The highest BCUT2D eigenvalue weighted by Gasteiger charge is 2.29. The highest BCUT2D eigenvalue weighted by Crippen LogP contribution is 2.27. The molecule has 1 fully saturated rings. The molecule has 1 saturated carbocycles. The highest BCUT2D eigenvalue weighted by atomic mass is 16.3. The summed E-state index contributed by atoms with van der Waals surface area (Å²) in [7, 11) is 0. The van der Waals surface area contributed by atoms with Crippen LogP contribution in [0.1, 0.15) is 52.4 Å². The predicted molar refractivity (Wildman–Crippen MR) is 66.4 cm³/mol. The minimum Gasteiger partial charge on any atom is -0.396 e. The summed E-state index contributed by atoms with van der Waals surface area (Å²) >= 11 is 0. The van der Waals surface area contributed by atoms with Gasteiger partial charge in [-0.15, -0.1) is 0 Å². The number of aliphatic hydroxyl groups excluding tert-OH is 1. The number of hydrogen-bond donors (Lipinski definition) is 3. The highest BCUT2D eigenvalue weighted by molar-refractivity contribution is 4.86. The number of aliphatic hydroxyl groups is 2. The normalized spacial score (nSPS) is 22.3. The minimum absolute atomic E-state index is 0.217. The fraction of sp³-hybridized carbons (Fsp3) is 1.00. The van der Waals surface area contributed by atoms with Crippen molar-refractivity contribution in [2.75, 3.05) is 13.2 Å². The third-order valence-electron chi connectivity index (χ3n) is 3.72. The largest absolute Gasteiger partial charge is 0.396 e. The van der Waals surface area contributed by atoms with Crippen LogP contribution in [0, 0.1) is 5.92 Å². The monoisotopic (exact) mass is 229 g/mol. The second-order valence-corrected chi connectivity index (χ2v) is 5.53. The molecule has 0 aliphatic heterocycles. The van der Waals surface area contributed by atoms with Crippen LogP contribution in [0.3, 0.4) is 0 Å². The van der Waals surface area contributed by atoms with E-state index < -0.39 is 5.60 Å². The van der Waals surface area contributed by atoms with Crippen molar-refractivity contribution >= 4 is 0 Å². The Kier molecular flexibility index (Phi) is 5.73. The van der Waals surface area contributed by atoms with Crippen LogP contribution in [0.4, 0.5) is 0 Å². The molecule has 1 aliphatic rings. The molecule has 0 heterocycles. The Bertz CT molecular complexity index is 188. The molecule has 1 atom stereocenters. The lowest BCUT2D eigenvalue weighted by Gasteiger charge is -2.34. The van der Waals surface area contributed by atoms with Gasteiger partial charge in [0.15, 0.2) is 0 Å². The average molecular weight is 229 g/mol. The van der Waals surface area contributed by atoms with Gasteiger partial charge in [-0.1, -0.05) is 33.1 Å². The minimum atomic E-state index is -0.499. The van der Waals surface area contributed by atoms with Crippen LogP contribution < -0.4 is 5.32 Å². The van der Waals surface area contributed by atoms with Gasteiger partial charge in [-0.3, -0.25) is 0 Å². The van der Waals surface area contributed by atoms with Crippen molar-refractivity contribution in [2.45, 2.75) is 64.0 Å². The third-order valence-corrected chi connectivity index (χ3v) is 3.72. The zero-order valence-electron chi connectivity index (χ0n) is 10.7. The molecule has 1 aliphatic carbocycles. The molecule has 1 unspecified atom stereocenters. The van der Waals surface area contributed by atoms with Crippen molar-refractivity contribution in [1.82, 2.24) is 5.32 Å². The fourth-order valence-electron chi connectivity index (χ4n) is 2.52. The van der Waals surface area contributed by atoms with Gasteiger partial charge in [0.05, 0.1) is 5.60 Å². The molecular weight excluding hydrogens is 202 g/mol. The topological polar surface area (TPSA) is 52.5 Å². The smallest absolute Gasteiger partial charge is 0.0771 e. The van der Waals surface area contributed by atoms with Crippen LogP contribution >= 0.6 is 0 Å². The maximum Gasteiger partial charge on any atom is 0.0771 e. The molecule has 0 bridgehead atoms. The standard InChI is InChI=1S/C13H27NO2/c1-11(2)12(6-9-15)14-10-13(16)7-4-3-5-8-13/h11-12,14-16H,3-10H2,1-2H3. The van der Waals surface area contributed by atoms with E-state index in [2.05, 4.69) is 19.2 Å². The van der Waals surface area contributed by atoms with E-state index in [4.69, 9.17) is 5.11 Å². The Morgan fingerprint density at radius 1 is 1.19 bits per heavy atom. The molecule has 3 heteroatoms. The summed E-state index contributed by atoms with van der Waals surface area (Å²) < 4.78 is 0. The summed E-state index contributed by atoms with van der Waals surface area (Å²) in [6, 6.07) is 0.316. The van der Waals surface area contributed by atoms with Crippen molar-refractivity contribution in [3.05, 3.63) is 0 Å². The van der Waals surface area contributed by atoms with Crippen molar-refractivity contribution in [2.24, 2.45) is 5.92 Å². The van der Waals surface area contributed by atoms with Gasteiger partial charge in [-0.2, -0.15) is 0 Å². The molecule has 3 nitrogen and oxygen atoms in total. The maximum atomic E-state index is 10.3. The molecule has 0 aromatic rings. The molecule has 96 valence electrons. The first-order valence-corrected chi connectivity index (χ1v) is 6.64. The summed E-state index contributed by atoms with van der Waals surface area (Å²) in [5.41, 5.74) is -0.499. The predicted octanol–water partition coefficient (Wildman–Crippen LogP) is 1.68. The van der Waals surface area contributed by atoms with Crippen molar-refractivity contribution < 1.29 is 10.2 Å². The fourth-order valence-corrected chi connectivity index (χ4v) is 2.52. The molecule has 0 aromatic carbocycles. The lowest BCUT2D eigenvalue weighted by molar-refractivity contribution is 0.000675. The number of nitrogens with one attached hydrogen (secondary N) is 1. The zero-order valence-corrected chi connectivity index (χ0v) is 10.7. The van der Waals surface area contributed by atoms with Crippen LogP contribution in [0.25, 0.3) is 0 Å². The zero-order chi connectivity index (χ0) is 12.0. The van der Waals surface area contributed by atoms with E-state index in [0.717, 1.165) is 32.1 Å². The van der Waals surface area contributed by atoms with Crippen LogP contribution in [0.5, 0.6) is 0 Å². The molecule has 3 N–H and O–H groups in total. The van der Waals surface area contributed by atoms with Crippen LogP contribution in [-0.4, -0.2) is 35.0 Å². The summed E-state index contributed by atoms with van der Waals surface area (Å²) in [6.07, 6.45) is 6.16. The molecule has 0 aromatic heterocycles. The van der Waals surface area contributed by atoms with Gasteiger partial charge >= 0.3 is 0 Å². The van der Waals surface area contributed by atoms with E-state index in [-0.39, 0.29) is 6.61 Å². The summed E-state index contributed by atoms with van der Waals surface area (Å²) in [6.45, 7) is 5.20. The second kappa shape index (κ2) is 6.58. The van der Waals surface area contributed by atoms with Gasteiger partial charge in [0.2, 0.25) is 0 Å². The van der Waals surface area contributed by atoms with E-state index in [1.165, 1.54) is 6.42 Å². The quantitative estimate of drug-likeness (QED) is 0.649. The van der Waals surface area contributed by atoms with Crippen LogP contribution in [-0.2, 0) is 0 Å². The first kappa shape index (κ1) is 13.9. The van der Waals surface area contributed by atoms with E-state index in [1.807, 2.05) is 0 Å². The van der Waals surface area contributed by atoms with Crippen LogP contribution in [0.2, 0.25) is 0 Å². The van der Waals surface area contributed by atoms with Gasteiger partial charge in [0, 0.05) is 19.2 Å². The summed E-state index contributed by atoms with van der Waals surface area (Å²) in [4.78, 5) is 0. The summed E-state index contributed by atoms with van der Waals surface area (Å²) in [5, 5.41) is 22.7. The summed E-state index contributed by atoms with van der Waals surface area (Å²) in [5.74, 6) is 0.499. The Labute approximate surface area is 99.3 Å².